The van der Waals surface area contributed by atoms with Crippen molar-refractivity contribution in [3.8, 4) is 0 Å². The van der Waals surface area contributed by atoms with Crippen molar-refractivity contribution in [1.82, 2.24) is 0 Å². The average Bonchev–Trinajstić information content (AvgIpc) is 2.53. The molecule has 0 radical (unpaired) electrons. The second kappa shape index (κ2) is 4.48. The maximum Gasteiger partial charge on any atom is 0.271 e. The summed E-state index contributed by atoms with van der Waals surface area (Å²) in [6.45, 7) is 6.22. The van der Waals surface area contributed by atoms with Crippen LogP contribution in [0.2, 0.25) is 0 Å². The summed E-state index contributed by atoms with van der Waals surface area (Å²) in [4.78, 5) is 0. The molecule has 2 heterocycles. The molecular weight excluding hydrogens is 330 g/mol. The Kier molecular flexibility index (Phi) is 3.70. The smallest absolute Gasteiger partial charge is 0.229 e. The van der Waals surface area contributed by atoms with E-state index in [0.29, 0.717) is 5.75 Å². The van der Waals surface area contributed by atoms with Gasteiger partial charge in [0.2, 0.25) is 0 Å². The van der Waals surface area contributed by atoms with Gasteiger partial charge in [-0.25, -0.2) is 13.0 Å². The molecule has 0 aromatic rings. The summed E-state index contributed by atoms with van der Waals surface area (Å²) in [5.41, 5.74) is 0. The summed E-state index contributed by atoms with van der Waals surface area (Å²) >= 11 is 7.04. The van der Waals surface area contributed by atoms with E-state index in [2.05, 4.69) is 34.4 Å². The highest BCUT2D eigenvalue weighted by molar-refractivity contribution is 9.12. The van der Waals surface area contributed by atoms with Crippen molar-refractivity contribution >= 4 is 53.7 Å². The van der Waals surface area contributed by atoms with Gasteiger partial charge in [0, 0.05) is 0 Å². The molecule has 2 atom stereocenters. The Balaban J connectivity index is 2.26. The van der Waals surface area contributed by atoms with Crippen LogP contribution >= 0.6 is 39.5 Å². The molecule has 0 aromatic carbocycles. The van der Waals surface area contributed by atoms with Crippen molar-refractivity contribution in [2.24, 2.45) is 0 Å². The fraction of sp³-hybridized carbons (Fsp3) is 0.889. The summed E-state index contributed by atoms with van der Waals surface area (Å²) in [7, 11) is -2.85. The van der Waals surface area contributed by atoms with Crippen LogP contribution in [0.4, 0.5) is 0 Å². The van der Waals surface area contributed by atoms with Gasteiger partial charge < -0.3 is 0 Å². The van der Waals surface area contributed by atoms with Gasteiger partial charge in [0.15, 0.2) is 9.84 Å². The lowest BCUT2D eigenvalue weighted by molar-refractivity contribution is -0.515. The number of hydrogen-bond donors (Lipinski definition) is 0. The number of fused-ring (bicyclic) bond motifs is 1. The fourth-order valence-corrected chi connectivity index (χ4v) is 11.0. The van der Waals surface area contributed by atoms with Gasteiger partial charge in [-0.05, 0) is 37.4 Å². The van der Waals surface area contributed by atoms with Crippen molar-refractivity contribution < 1.29 is 13.0 Å². The van der Waals surface area contributed by atoms with Crippen LogP contribution in [-0.2, 0) is 9.84 Å². The Morgan fingerprint density at radius 1 is 1.50 bits per heavy atom. The maximum absolute atomic E-state index is 11.6. The van der Waals surface area contributed by atoms with E-state index in [0.717, 1.165) is 13.1 Å². The maximum atomic E-state index is 11.6. The molecule has 2 rings (SSSR count). The SMILES string of the molecule is CC[N+](CC)=C1SC2CS(=O)(=O)C[C@@]2(Br)S1. The second-order valence-corrected chi connectivity index (χ2v) is 10.8. The van der Waals surface area contributed by atoms with Crippen LogP contribution in [0.3, 0.4) is 0 Å². The first-order chi connectivity index (χ1) is 7.40. The van der Waals surface area contributed by atoms with Crippen LogP contribution < -0.4 is 0 Å². The van der Waals surface area contributed by atoms with Gasteiger partial charge in [-0.3, -0.25) is 0 Å². The Bertz CT molecular complexity index is 428. The van der Waals surface area contributed by atoms with E-state index < -0.39 is 9.84 Å². The summed E-state index contributed by atoms with van der Waals surface area (Å²) in [6, 6.07) is 0. The molecule has 1 unspecified atom stereocenters. The topological polar surface area (TPSA) is 37.1 Å². The minimum Gasteiger partial charge on any atom is -0.229 e. The normalized spacial score (nSPS) is 36.4. The number of alkyl halides is 1. The van der Waals surface area contributed by atoms with Crippen LogP contribution in [0.5, 0.6) is 0 Å². The van der Waals surface area contributed by atoms with Crippen LogP contribution in [0, 0.1) is 0 Å². The molecule has 7 heteroatoms. The van der Waals surface area contributed by atoms with Crippen molar-refractivity contribution in [3.05, 3.63) is 0 Å². The van der Waals surface area contributed by atoms with Crippen LogP contribution in [-0.4, -0.2) is 50.9 Å². The average molecular weight is 345 g/mol. The third-order valence-electron chi connectivity index (χ3n) is 2.82. The molecule has 0 amide bonds. The monoisotopic (exact) mass is 344 g/mol. The van der Waals surface area contributed by atoms with Gasteiger partial charge in [0.1, 0.15) is 16.7 Å². The third kappa shape index (κ3) is 2.33. The minimum absolute atomic E-state index is 0.165. The molecule has 3 nitrogen and oxygen atoms in total. The third-order valence-corrected chi connectivity index (χ3v) is 10.1. The molecular formula is C9H15BrNO2S3+. The summed E-state index contributed by atoms with van der Waals surface area (Å²) in [5, 5.41) is 0.165. The molecule has 0 aliphatic carbocycles. The van der Waals surface area contributed by atoms with E-state index in [1.807, 2.05) is 0 Å². The van der Waals surface area contributed by atoms with Gasteiger partial charge in [0.05, 0.1) is 16.8 Å². The first kappa shape index (κ1) is 13.2. The number of hydrogen-bond acceptors (Lipinski definition) is 4. The molecule has 2 fully saturated rings. The Morgan fingerprint density at radius 3 is 2.62 bits per heavy atom. The lowest BCUT2D eigenvalue weighted by Gasteiger charge is -2.13. The van der Waals surface area contributed by atoms with Crippen LogP contribution in [0.25, 0.3) is 0 Å². The first-order valence-electron chi connectivity index (χ1n) is 5.27. The molecule has 16 heavy (non-hydrogen) atoms. The van der Waals surface area contributed by atoms with E-state index in [1.54, 1.807) is 23.5 Å². The highest BCUT2D eigenvalue weighted by Gasteiger charge is 2.57. The zero-order valence-corrected chi connectivity index (χ0v) is 13.3. The molecule has 0 aromatic heterocycles. The van der Waals surface area contributed by atoms with Crippen molar-refractivity contribution in [2.45, 2.75) is 22.8 Å². The molecule has 2 aliphatic heterocycles. The Labute approximate surface area is 113 Å². The van der Waals surface area contributed by atoms with Crippen molar-refractivity contribution in [3.63, 3.8) is 0 Å². The van der Waals surface area contributed by atoms with Gasteiger partial charge in [-0.15, -0.1) is 0 Å². The lowest BCUT2D eigenvalue weighted by atomic mass is 10.4. The second-order valence-electron chi connectivity index (χ2n) is 3.99. The zero-order valence-electron chi connectivity index (χ0n) is 9.27. The minimum atomic E-state index is -2.85. The standard InChI is InChI=1S/C9H15BrNO2S3/c1-3-11(4-2)8-14-7-5-16(12,13)6-9(7,10)15-8/h7H,3-6H2,1-2H3/q+1/t7?,9-/m1/s1. The quantitative estimate of drug-likeness (QED) is 0.565. The van der Waals surface area contributed by atoms with Gasteiger partial charge >= 0.3 is 0 Å². The summed E-state index contributed by atoms with van der Waals surface area (Å²) in [5.74, 6) is 0.563. The van der Waals surface area contributed by atoms with Gasteiger partial charge in [0.25, 0.3) is 4.38 Å². The zero-order chi connectivity index (χ0) is 12.0. The highest BCUT2D eigenvalue weighted by Crippen LogP contribution is 2.56. The largest absolute Gasteiger partial charge is 0.271 e. The molecule has 0 spiro atoms. The van der Waals surface area contributed by atoms with Gasteiger partial charge in [-0.1, -0.05) is 15.9 Å². The Hall–Kier alpha value is 0.800. The number of thioether (sulfide) groups is 2. The van der Waals surface area contributed by atoms with E-state index in [9.17, 15) is 8.42 Å². The predicted octanol–water partition coefficient (Wildman–Crippen LogP) is 1.76. The molecule has 2 aliphatic rings. The number of halogens is 1. The lowest BCUT2D eigenvalue weighted by Crippen LogP contribution is -2.23. The molecule has 0 N–H and O–H groups in total. The Morgan fingerprint density at radius 2 is 2.12 bits per heavy atom. The van der Waals surface area contributed by atoms with Crippen LogP contribution in [0.15, 0.2) is 0 Å². The summed E-state index contributed by atoms with van der Waals surface area (Å²) < 4.78 is 26.4. The van der Waals surface area contributed by atoms with Crippen LogP contribution in [0.1, 0.15) is 13.8 Å². The molecule has 0 saturated carbocycles. The van der Waals surface area contributed by atoms with Gasteiger partial charge in [-0.2, -0.15) is 0 Å². The summed E-state index contributed by atoms with van der Waals surface area (Å²) in [6.07, 6.45) is 0. The van der Waals surface area contributed by atoms with E-state index in [-0.39, 0.29) is 14.7 Å². The highest BCUT2D eigenvalue weighted by atomic mass is 79.9. The number of rotatable bonds is 2. The molecule has 0 bridgehead atoms. The van der Waals surface area contributed by atoms with Crippen molar-refractivity contribution in [1.29, 1.82) is 0 Å². The number of sulfone groups is 1. The van der Waals surface area contributed by atoms with E-state index in [1.165, 1.54) is 4.38 Å². The van der Waals surface area contributed by atoms with Crippen molar-refractivity contribution in [2.75, 3.05) is 24.6 Å². The van der Waals surface area contributed by atoms with E-state index in [4.69, 9.17) is 0 Å². The molecule has 92 valence electrons. The fourth-order valence-electron chi connectivity index (χ4n) is 1.94. The molecule has 2 saturated heterocycles. The predicted molar refractivity (Wildman–Crippen MR) is 75.6 cm³/mol. The van der Waals surface area contributed by atoms with E-state index >= 15 is 0 Å². The number of nitrogens with zero attached hydrogens (tertiary/aromatic N) is 1. The first-order valence-corrected chi connectivity index (χ1v) is 9.58.